The quantitative estimate of drug-likeness (QED) is 0.579. The van der Waals surface area contributed by atoms with Crippen molar-refractivity contribution in [3.63, 3.8) is 0 Å². The van der Waals surface area contributed by atoms with Crippen LogP contribution in [0, 0.1) is 6.92 Å². The van der Waals surface area contributed by atoms with Gasteiger partial charge >= 0.3 is 5.97 Å². The average Bonchev–Trinajstić information content (AvgIpc) is 2.79. The first-order valence-corrected chi connectivity index (χ1v) is 8.25. The molecule has 6 nitrogen and oxygen atoms in total. The molecule has 2 aromatic heterocycles. The number of rotatable bonds is 6. The molecule has 22 heavy (non-hydrogen) atoms. The van der Waals surface area contributed by atoms with Crippen LogP contribution in [0.2, 0.25) is 0 Å². The zero-order chi connectivity index (χ0) is 16.3. The molecule has 2 rings (SSSR count). The van der Waals surface area contributed by atoms with E-state index in [9.17, 15) is 9.59 Å². The molecule has 0 aromatic carbocycles. The van der Waals surface area contributed by atoms with Gasteiger partial charge in [0.15, 0.2) is 5.65 Å². The fourth-order valence-corrected chi connectivity index (χ4v) is 2.80. The smallest absolute Gasteiger partial charge is 0.345 e. The summed E-state index contributed by atoms with van der Waals surface area (Å²) in [5.41, 5.74) is 0.948. The van der Waals surface area contributed by atoms with Crippen LogP contribution in [0.15, 0.2) is 15.5 Å². The summed E-state index contributed by atoms with van der Waals surface area (Å²) < 4.78 is 8.92. The monoisotopic (exact) mass is 369 g/mol. The lowest BCUT2D eigenvalue weighted by atomic mass is 10.2. The molecule has 7 heteroatoms. The van der Waals surface area contributed by atoms with Crippen LogP contribution in [0.25, 0.3) is 5.65 Å². The maximum atomic E-state index is 12.5. The summed E-state index contributed by atoms with van der Waals surface area (Å²) in [7, 11) is 0. The Hall–Kier alpha value is -1.63. The van der Waals surface area contributed by atoms with Crippen LogP contribution in [-0.4, -0.2) is 26.8 Å². The summed E-state index contributed by atoms with van der Waals surface area (Å²) in [5.74, 6) is -0.608. The minimum absolute atomic E-state index is 0.0147. The molecule has 2 aromatic rings. The van der Waals surface area contributed by atoms with Gasteiger partial charge in [-0.25, -0.2) is 4.79 Å². The van der Waals surface area contributed by atoms with Gasteiger partial charge in [0, 0.05) is 12.7 Å². The third-order valence-electron chi connectivity index (χ3n) is 3.44. The van der Waals surface area contributed by atoms with Crippen LogP contribution in [-0.2, 0) is 11.3 Å². The molecule has 0 radical (unpaired) electrons. The van der Waals surface area contributed by atoms with Gasteiger partial charge in [-0.15, -0.1) is 0 Å². The Morgan fingerprint density at radius 2 is 2.09 bits per heavy atom. The molecule has 0 atom stereocenters. The number of carbonyl (C=O) groups is 1. The lowest BCUT2D eigenvalue weighted by molar-refractivity contribution is 0.0522. The number of halogens is 1. The lowest BCUT2D eigenvalue weighted by Crippen LogP contribution is -2.27. The standard InChI is InChI=1S/C15H20BrN3O3/c1-4-6-7-8-18-9-11(15(21)22-5-2)14(20)19-13(18)12(16)10(3)17-19/h9H,4-8H2,1-3H3. The van der Waals surface area contributed by atoms with E-state index < -0.39 is 11.5 Å². The van der Waals surface area contributed by atoms with Gasteiger partial charge in [0.2, 0.25) is 0 Å². The van der Waals surface area contributed by atoms with Crippen LogP contribution < -0.4 is 5.56 Å². The maximum Gasteiger partial charge on any atom is 0.345 e. The Balaban J connectivity index is 2.61. The molecule has 0 amide bonds. The highest BCUT2D eigenvalue weighted by atomic mass is 79.9. The summed E-state index contributed by atoms with van der Waals surface area (Å²) in [4.78, 5) is 24.5. The molecule has 0 spiro atoms. The second kappa shape index (κ2) is 7.09. The summed E-state index contributed by atoms with van der Waals surface area (Å²) in [6.07, 6.45) is 4.73. The third-order valence-corrected chi connectivity index (χ3v) is 4.37. The van der Waals surface area contributed by atoms with E-state index in [-0.39, 0.29) is 12.2 Å². The molecule has 0 aliphatic heterocycles. The van der Waals surface area contributed by atoms with Crippen molar-refractivity contribution in [1.29, 1.82) is 0 Å². The topological polar surface area (TPSA) is 65.6 Å². The summed E-state index contributed by atoms with van der Waals surface area (Å²) in [5, 5.41) is 4.23. The molecule has 0 saturated heterocycles. The van der Waals surface area contributed by atoms with E-state index in [2.05, 4.69) is 28.0 Å². The van der Waals surface area contributed by atoms with Crippen molar-refractivity contribution in [2.75, 3.05) is 6.61 Å². The molecule has 0 saturated carbocycles. The predicted octanol–water partition coefficient (Wildman–Crippen LogP) is 2.93. The fraction of sp³-hybridized carbons (Fsp3) is 0.533. The molecule has 0 N–H and O–H groups in total. The SMILES string of the molecule is CCCCCn1cc(C(=O)OCC)c(=O)n2nc(C)c(Br)c12. The van der Waals surface area contributed by atoms with Crippen LogP contribution in [0.3, 0.4) is 0 Å². The molecule has 0 aliphatic rings. The highest BCUT2D eigenvalue weighted by Gasteiger charge is 2.20. The van der Waals surface area contributed by atoms with Gasteiger partial charge in [0.25, 0.3) is 5.56 Å². The van der Waals surface area contributed by atoms with E-state index in [1.807, 2.05) is 11.5 Å². The van der Waals surface area contributed by atoms with E-state index in [0.29, 0.717) is 17.9 Å². The number of hydrogen-bond donors (Lipinski definition) is 0. The van der Waals surface area contributed by atoms with Crippen molar-refractivity contribution >= 4 is 27.5 Å². The number of aromatic nitrogens is 3. The van der Waals surface area contributed by atoms with E-state index in [0.717, 1.165) is 23.7 Å². The Bertz CT molecular complexity index is 749. The number of ether oxygens (including phenoxy) is 1. The normalized spacial score (nSPS) is 11.1. The summed E-state index contributed by atoms with van der Waals surface area (Å²) in [6.45, 7) is 6.60. The Morgan fingerprint density at radius 3 is 2.73 bits per heavy atom. The van der Waals surface area contributed by atoms with Gasteiger partial charge in [0.1, 0.15) is 5.56 Å². The van der Waals surface area contributed by atoms with Crippen molar-refractivity contribution in [3.05, 3.63) is 32.3 Å². The average molecular weight is 370 g/mol. The van der Waals surface area contributed by atoms with Crippen LogP contribution in [0.1, 0.15) is 49.2 Å². The number of aryl methyl sites for hydroxylation is 2. The second-order valence-corrected chi connectivity index (χ2v) is 5.90. The zero-order valence-corrected chi connectivity index (χ0v) is 14.6. The number of carbonyl (C=O) groups excluding carboxylic acids is 1. The molecule has 0 aliphatic carbocycles. The highest BCUT2D eigenvalue weighted by Crippen LogP contribution is 2.21. The maximum absolute atomic E-state index is 12.5. The van der Waals surface area contributed by atoms with Crippen LogP contribution >= 0.6 is 15.9 Å². The first-order chi connectivity index (χ1) is 10.5. The van der Waals surface area contributed by atoms with Gasteiger partial charge in [-0.05, 0) is 36.2 Å². The van der Waals surface area contributed by atoms with E-state index in [4.69, 9.17) is 4.74 Å². The van der Waals surface area contributed by atoms with Crippen LogP contribution in [0.5, 0.6) is 0 Å². The molecular weight excluding hydrogens is 350 g/mol. The first-order valence-electron chi connectivity index (χ1n) is 7.46. The van der Waals surface area contributed by atoms with Gasteiger partial charge in [-0.3, -0.25) is 4.79 Å². The second-order valence-electron chi connectivity index (χ2n) is 5.10. The molecule has 120 valence electrons. The number of esters is 1. The lowest BCUT2D eigenvalue weighted by Gasteiger charge is -2.11. The molecule has 0 bridgehead atoms. The van der Waals surface area contributed by atoms with Crippen molar-refractivity contribution in [2.24, 2.45) is 0 Å². The molecule has 2 heterocycles. The summed E-state index contributed by atoms with van der Waals surface area (Å²) >= 11 is 3.48. The van der Waals surface area contributed by atoms with Crippen molar-refractivity contribution in [2.45, 2.75) is 46.6 Å². The number of unbranched alkanes of at least 4 members (excludes halogenated alkanes) is 2. The first kappa shape index (κ1) is 16.7. The van der Waals surface area contributed by atoms with Crippen molar-refractivity contribution in [3.8, 4) is 0 Å². The molecule has 0 fully saturated rings. The highest BCUT2D eigenvalue weighted by molar-refractivity contribution is 9.10. The number of hydrogen-bond acceptors (Lipinski definition) is 4. The largest absolute Gasteiger partial charge is 0.462 e. The number of fused-ring (bicyclic) bond motifs is 1. The van der Waals surface area contributed by atoms with Crippen molar-refractivity contribution in [1.82, 2.24) is 14.2 Å². The van der Waals surface area contributed by atoms with Gasteiger partial charge in [-0.2, -0.15) is 9.61 Å². The van der Waals surface area contributed by atoms with E-state index in [1.54, 1.807) is 13.1 Å². The van der Waals surface area contributed by atoms with E-state index in [1.165, 1.54) is 4.52 Å². The van der Waals surface area contributed by atoms with Gasteiger partial charge in [0.05, 0.1) is 16.8 Å². The molecular formula is C15H20BrN3O3. The fourth-order valence-electron chi connectivity index (χ4n) is 2.32. The van der Waals surface area contributed by atoms with Gasteiger partial charge in [-0.1, -0.05) is 19.8 Å². The summed E-state index contributed by atoms with van der Waals surface area (Å²) in [6, 6.07) is 0. The molecule has 0 unspecified atom stereocenters. The Kier molecular flexibility index (Phi) is 5.39. The minimum atomic E-state index is -0.608. The van der Waals surface area contributed by atoms with Crippen molar-refractivity contribution < 1.29 is 9.53 Å². The van der Waals surface area contributed by atoms with E-state index >= 15 is 0 Å². The van der Waals surface area contributed by atoms with Gasteiger partial charge < -0.3 is 9.30 Å². The Labute approximate surface area is 137 Å². The minimum Gasteiger partial charge on any atom is -0.462 e. The predicted molar refractivity (Wildman–Crippen MR) is 87.4 cm³/mol. The van der Waals surface area contributed by atoms with Crippen LogP contribution in [0.4, 0.5) is 0 Å². The Morgan fingerprint density at radius 1 is 1.36 bits per heavy atom. The third kappa shape index (κ3) is 3.09. The number of nitrogens with zero attached hydrogens (tertiary/aromatic N) is 3. The zero-order valence-electron chi connectivity index (χ0n) is 13.1.